The molecule has 0 amide bonds. The number of hydrogen-bond donors (Lipinski definition) is 1. The molecule has 1 unspecified atom stereocenters. The molecule has 0 saturated carbocycles. The van der Waals surface area contributed by atoms with Crippen molar-refractivity contribution in [2.75, 3.05) is 24.2 Å². The molecule has 0 aliphatic heterocycles. The van der Waals surface area contributed by atoms with Crippen LogP contribution in [0.15, 0.2) is 27.8 Å². The van der Waals surface area contributed by atoms with Crippen LogP contribution in [0.5, 0.6) is 5.75 Å². The zero-order valence-corrected chi connectivity index (χ0v) is 17.3. The lowest BCUT2D eigenvalue weighted by molar-refractivity contribution is -0.105. The fourth-order valence-corrected chi connectivity index (χ4v) is 3.63. The van der Waals surface area contributed by atoms with Crippen LogP contribution in [0, 0.1) is 12.7 Å². The molecule has 4 nitrogen and oxygen atoms in total. The lowest BCUT2D eigenvalue weighted by Gasteiger charge is -2.14. The molecule has 0 spiro atoms. The van der Waals surface area contributed by atoms with E-state index in [1.165, 1.54) is 26.2 Å². The quantitative estimate of drug-likeness (QED) is 0.288. The van der Waals surface area contributed by atoms with Gasteiger partial charge in [-0.15, -0.1) is 11.8 Å². The van der Waals surface area contributed by atoms with Gasteiger partial charge in [0.1, 0.15) is 24.9 Å². The van der Waals surface area contributed by atoms with E-state index in [1.807, 2.05) is 0 Å². The van der Waals surface area contributed by atoms with E-state index in [0.717, 1.165) is 6.07 Å². The van der Waals surface area contributed by atoms with Gasteiger partial charge in [-0.05, 0) is 47.5 Å². The van der Waals surface area contributed by atoms with Crippen molar-refractivity contribution in [3.63, 3.8) is 0 Å². The number of nitrogens with zero attached hydrogens (tertiary/aromatic N) is 2. The largest absolute Gasteiger partial charge is 0.489 e. The second kappa shape index (κ2) is 9.73. The molecule has 1 aromatic carbocycles. The van der Waals surface area contributed by atoms with Gasteiger partial charge in [-0.3, -0.25) is 0 Å². The van der Waals surface area contributed by atoms with Gasteiger partial charge in [-0.2, -0.15) is 13.2 Å². The minimum absolute atomic E-state index is 0.0142. The number of ether oxygens (including phenoxy) is 1. The van der Waals surface area contributed by atoms with Gasteiger partial charge in [0.2, 0.25) is 0 Å². The SMILES string of the molecule is Cc1cc(F)c(OCCNc2ncnc(C(C)F)c2Br)cc1SCC(F)(F)F. The van der Waals surface area contributed by atoms with Crippen molar-refractivity contribution in [3.05, 3.63) is 40.0 Å². The van der Waals surface area contributed by atoms with Crippen LogP contribution in [-0.4, -0.2) is 35.0 Å². The third kappa shape index (κ3) is 6.47. The second-order valence-electron chi connectivity index (χ2n) is 5.76. The number of aromatic nitrogens is 2. The van der Waals surface area contributed by atoms with Gasteiger partial charge < -0.3 is 10.1 Å². The van der Waals surface area contributed by atoms with Gasteiger partial charge in [0, 0.05) is 4.90 Å². The number of rotatable bonds is 8. The lowest BCUT2D eigenvalue weighted by atomic mass is 10.2. The molecule has 28 heavy (non-hydrogen) atoms. The summed E-state index contributed by atoms with van der Waals surface area (Å²) in [6, 6.07) is 2.39. The smallest absolute Gasteiger partial charge is 0.398 e. The third-order valence-electron chi connectivity index (χ3n) is 3.47. The predicted molar refractivity (Wildman–Crippen MR) is 101 cm³/mol. The maximum Gasteiger partial charge on any atom is 0.398 e. The van der Waals surface area contributed by atoms with Gasteiger partial charge >= 0.3 is 6.18 Å². The molecule has 154 valence electrons. The first-order valence-corrected chi connectivity index (χ1v) is 9.87. The Kier molecular flexibility index (Phi) is 7.87. The van der Waals surface area contributed by atoms with Crippen LogP contribution in [0.4, 0.5) is 27.8 Å². The topological polar surface area (TPSA) is 47.0 Å². The zero-order valence-electron chi connectivity index (χ0n) is 14.9. The molecule has 0 fully saturated rings. The van der Waals surface area contributed by atoms with Crippen LogP contribution >= 0.6 is 27.7 Å². The highest BCUT2D eigenvalue weighted by Gasteiger charge is 2.27. The van der Waals surface area contributed by atoms with Gasteiger partial charge in [0.25, 0.3) is 0 Å². The van der Waals surface area contributed by atoms with Crippen molar-refractivity contribution in [2.24, 2.45) is 0 Å². The molecule has 2 aromatic rings. The van der Waals surface area contributed by atoms with E-state index in [4.69, 9.17) is 4.74 Å². The molecular weight excluding hydrogens is 469 g/mol. The summed E-state index contributed by atoms with van der Waals surface area (Å²) in [7, 11) is 0. The molecule has 1 N–H and O–H groups in total. The first kappa shape index (κ1) is 22.7. The van der Waals surface area contributed by atoms with Gasteiger partial charge in [0.15, 0.2) is 11.6 Å². The third-order valence-corrected chi connectivity index (χ3v) is 5.47. The number of aryl methyl sites for hydroxylation is 1. The maximum absolute atomic E-state index is 14.0. The lowest BCUT2D eigenvalue weighted by Crippen LogP contribution is -2.14. The molecule has 0 aliphatic rings. The van der Waals surface area contributed by atoms with Crippen LogP contribution in [0.1, 0.15) is 24.4 Å². The van der Waals surface area contributed by atoms with Crippen molar-refractivity contribution in [1.29, 1.82) is 0 Å². The Morgan fingerprint density at radius 3 is 2.64 bits per heavy atom. The molecule has 1 aromatic heterocycles. The van der Waals surface area contributed by atoms with Crippen molar-refractivity contribution < 1.29 is 26.7 Å². The highest BCUT2D eigenvalue weighted by molar-refractivity contribution is 9.10. The van der Waals surface area contributed by atoms with E-state index in [2.05, 4.69) is 31.2 Å². The molecule has 2 rings (SSSR count). The Labute approximate surface area is 171 Å². The standard InChI is InChI=1S/C17H17BrF5N3OS/c1-9-5-11(20)12(6-13(9)28-7-17(21,22)23)27-4-3-24-16-14(18)15(10(2)19)25-8-26-16/h5-6,8,10H,3-4,7H2,1-2H3,(H,24,25,26). The number of anilines is 1. The molecule has 0 radical (unpaired) electrons. The summed E-state index contributed by atoms with van der Waals surface area (Å²) in [6.45, 7) is 3.09. The molecular formula is C17H17BrF5N3OS. The first-order valence-electron chi connectivity index (χ1n) is 8.09. The summed E-state index contributed by atoms with van der Waals surface area (Å²) < 4.78 is 70.4. The fourth-order valence-electron chi connectivity index (χ4n) is 2.17. The number of alkyl halides is 4. The Hall–Kier alpha value is -1.62. The minimum atomic E-state index is -4.32. The molecule has 0 aliphatic carbocycles. The van der Waals surface area contributed by atoms with Crippen LogP contribution < -0.4 is 10.1 Å². The Balaban J connectivity index is 1.97. The molecule has 0 bridgehead atoms. The van der Waals surface area contributed by atoms with Crippen molar-refractivity contribution in [1.82, 2.24) is 9.97 Å². The van der Waals surface area contributed by atoms with E-state index < -0.39 is 23.9 Å². The van der Waals surface area contributed by atoms with Crippen LogP contribution in [0.2, 0.25) is 0 Å². The average molecular weight is 486 g/mol. The summed E-state index contributed by atoms with van der Waals surface area (Å²) in [5.41, 5.74) is 0.587. The summed E-state index contributed by atoms with van der Waals surface area (Å²) in [5, 5.41) is 2.90. The van der Waals surface area contributed by atoms with Gasteiger partial charge in [-0.25, -0.2) is 18.7 Å². The van der Waals surface area contributed by atoms with Gasteiger partial charge in [0.05, 0.1) is 22.5 Å². The Morgan fingerprint density at radius 1 is 1.29 bits per heavy atom. The zero-order chi connectivity index (χ0) is 20.9. The summed E-state index contributed by atoms with van der Waals surface area (Å²) in [5.74, 6) is -1.52. The van der Waals surface area contributed by atoms with E-state index >= 15 is 0 Å². The van der Waals surface area contributed by atoms with Crippen LogP contribution in [-0.2, 0) is 0 Å². The van der Waals surface area contributed by atoms with Crippen LogP contribution in [0.3, 0.4) is 0 Å². The van der Waals surface area contributed by atoms with Gasteiger partial charge in [-0.1, -0.05) is 0 Å². The number of halogens is 6. The maximum atomic E-state index is 14.0. The summed E-state index contributed by atoms with van der Waals surface area (Å²) in [6.07, 6.45) is -4.40. The first-order chi connectivity index (χ1) is 13.1. The highest BCUT2D eigenvalue weighted by atomic mass is 79.9. The number of nitrogens with one attached hydrogen (secondary N) is 1. The van der Waals surface area contributed by atoms with E-state index in [-0.39, 0.29) is 24.6 Å². The van der Waals surface area contributed by atoms with Crippen molar-refractivity contribution in [2.45, 2.75) is 31.1 Å². The highest BCUT2D eigenvalue weighted by Crippen LogP contribution is 2.33. The Bertz CT molecular complexity index is 820. The monoisotopic (exact) mass is 485 g/mol. The fraction of sp³-hybridized carbons (Fsp3) is 0.412. The molecule has 1 heterocycles. The normalized spacial score (nSPS) is 12.7. The molecule has 11 heteroatoms. The van der Waals surface area contributed by atoms with E-state index in [0.29, 0.717) is 32.5 Å². The Morgan fingerprint density at radius 2 is 2.00 bits per heavy atom. The predicted octanol–water partition coefficient (Wildman–Crippen LogP) is 5.86. The van der Waals surface area contributed by atoms with Crippen molar-refractivity contribution >= 4 is 33.5 Å². The summed E-state index contributed by atoms with van der Waals surface area (Å²) >= 11 is 3.79. The van der Waals surface area contributed by atoms with Crippen LogP contribution in [0.25, 0.3) is 0 Å². The minimum Gasteiger partial charge on any atom is -0.489 e. The molecule has 0 saturated heterocycles. The van der Waals surface area contributed by atoms with Crippen molar-refractivity contribution in [3.8, 4) is 5.75 Å². The number of thioether (sulfide) groups is 1. The van der Waals surface area contributed by atoms with E-state index in [1.54, 1.807) is 0 Å². The number of benzene rings is 1. The van der Waals surface area contributed by atoms with E-state index in [9.17, 15) is 22.0 Å². The molecule has 1 atom stereocenters. The second-order valence-corrected chi connectivity index (χ2v) is 7.57. The average Bonchev–Trinajstić information content (AvgIpc) is 2.59. The summed E-state index contributed by atoms with van der Waals surface area (Å²) in [4.78, 5) is 8.12. The number of hydrogen-bond acceptors (Lipinski definition) is 5.